The molecule has 0 aliphatic heterocycles. The molecule has 0 aliphatic carbocycles. The van der Waals surface area contributed by atoms with Crippen LogP contribution in [0.2, 0.25) is 0 Å². The van der Waals surface area contributed by atoms with Gasteiger partial charge in [-0.15, -0.1) is 0 Å². The highest BCUT2D eigenvalue weighted by Gasteiger charge is 2.21. The minimum Gasteiger partial charge on any atom is -0.466 e. The highest BCUT2D eigenvalue weighted by atomic mass is 16.5. The van der Waals surface area contributed by atoms with Crippen LogP contribution in [0.4, 0.5) is 0 Å². The molecule has 0 aliphatic rings. The van der Waals surface area contributed by atoms with E-state index in [1.54, 1.807) is 27.9 Å². The number of rotatable bonds is 9. The Morgan fingerprint density at radius 2 is 2.18 bits per heavy atom. The van der Waals surface area contributed by atoms with Crippen LogP contribution < -0.4 is 5.32 Å². The van der Waals surface area contributed by atoms with E-state index in [0.29, 0.717) is 32.7 Å². The second-order valence-electron chi connectivity index (χ2n) is 4.52. The van der Waals surface area contributed by atoms with Gasteiger partial charge in [-0.25, -0.2) is 0 Å². The first-order valence-electron chi connectivity index (χ1n) is 6.01. The van der Waals surface area contributed by atoms with Crippen molar-refractivity contribution < 1.29 is 19.4 Å². The van der Waals surface area contributed by atoms with Gasteiger partial charge in [-0.2, -0.15) is 0 Å². The molecule has 5 nitrogen and oxygen atoms in total. The fourth-order valence-electron chi connectivity index (χ4n) is 1.34. The average molecular weight is 247 g/mol. The van der Waals surface area contributed by atoms with E-state index in [1.165, 1.54) is 0 Å². The summed E-state index contributed by atoms with van der Waals surface area (Å²) in [6, 6.07) is 0. The maximum absolute atomic E-state index is 11.3. The molecule has 0 aromatic carbocycles. The van der Waals surface area contributed by atoms with Gasteiger partial charge in [0.05, 0.1) is 18.1 Å². The highest BCUT2D eigenvalue weighted by molar-refractivity contribution is 5.72. The zero-order chi connectivity index (χ0) is 13.3. The van der Waals surface area contributed by atoms with E-state index in [1.807, 2.05) is 0 Å². The fourth-order valence-corrected chi connectivity index (χ4v) is 1.34. The summed E-state index contributed by atoms with van der Waals surface area (Å²) in [6.45, 7) is 7.18. The molecule has 2 unspecified atom stereocenters. The first-order chi connectivity index (χ1) is 7.93. The number of hydrogen-bond donors (Lipinski definition) is 2. The number of esters is 1. The largest absolute Gasteiger partial charge is 0.466 e. The van der Waals surface area contributed by atoms with Crippen molar-refractivity contribution in [3.63, 3.8) is 0 Å². The number of carbonyl (C=O) groups excluding carboxylic acids is 1. The van der Waals surface area contributed by atoms with Gasteiger partial charge >= 0.3 is 5.97 Å². The number of methoxy groups -OCH3 is 1. The fraction of sp³-hybridized carbons (Fsp3) is 0.917. The van der Waals surface area contributed by atoms with Crippen molar-refractivity contribution in [3.05, 3.63) is 0 Å². The molecule has 0 spiro atoms. The van der Waals surface area contributed by atoms with Crippen molar-refractivity contribution in [1.29, 1.82) is 0 Å². The van der Waals surface area contributed by atoms with E-state index in [0.717, 1.165) is 0 Å². The van der Waals surface area contributed by atoms with Crippen molar-refractivity contribution in [1.82, 2.24) is 5.32 Å². The molecule has 0 radical (unpaired) electrons. The van der Waals surface area contributed by atoms with E-state index >= 15 is 0 Å². The van der Waals surface area contributed by atoms with Gasteiger partial charge < -0.3 is 19.9 Å². The zero-order valence-corrected chi connectivity index (χ0v) is 11.3. The van der Waals surface area contributed by atoms with Crippen LogP contribution in [0.15, 0.2) is 0 Å². The Balaban J connectivity index is 3.78. The van der Waals surface area contributed by atoms with Gasteiger partial charge in [0.1, 0.15) is 0 Å². The molecule has 0 heterocycles. The molecule has 0 fully saturated rings. The van der Waals surface area contributed by atoms with Crippen LogP contribution in [-0.4, -0.2) is 50.1 Å². The van der Waals surface area contributed by atoms with E-state index < -0.39 is 5.60 Å². The monoisotopic (exact) mass is 247 g/mol. The number of hydrogen-bond acceptors (Lipinski definition) is 5. The van der Waals surface area contributed by atoms with Crippen LogP contribution in [0.5, 0.6) is 0 Å². The number of ether oxygens (including phenoxy) is 2. The molecule has 5 heteroatoms. The smallest absolute Gasteiger partial charge is 0.309 e. The van der Waals surface area contributed by atoms with E-state index in [-0.39, 0.29) is 11.9 Å². The molecule has 0 saturated heterocycles. The summed E-state index contributed by atoms with van der Waals surface area (Å²) < 4.78 is 9.80. The van der Waals surface area contributed by atoms with E-state index in [4.69, 9.17) is 9.47 Å². The summed E-state index contributed by atoms with van der Waals surface area (Å²) in [6.07, 6.45) is 0.560. The lowest BCUT2D eigenvalue weighted by Gasteiger charge is -2.24. The Labute approximate surface area is 103 Å². The van der Waals surface area contributed by atoms with Crippen LogP contribution >= 0.6 is 0 Å². The van der Waals surface area contributed by atoms with Gasteiger partial charge in [-0.1, -0.05) is 6.92 Å². The van der Waals surface area contributed by atoms with Gasteiger partial charge in [0.15, 0.2) is 0 Å². The van der Waals surface area contributed by atoms with Crippen molar-refractivity contribution in [2.45, 2.75) is 32.8 Å². The lowest BCUT2D eigenvalue weighted by atomic mass is 10.0. The van der Waals surface area contributed by atoms with Crippen LogP contribution in [-0.2, 0) is 14.3 Å². The summed E-state index contributed by atoms with van der Waals surface area (Å²) in [5, 5.41) is 13.0. The van der Waals surface area contributed by atoms with Crippen LogP contribution in [0.25, 0.3) is 0 Å². The summed E-state index contributed by atoms with van der Waals surface area (Å²) in [7, 11) is 1.60. The van der Waals surface area contributed by atoms with Crippen LogP contribution in [0, 0.1) is 5.92 Å². The molecular weight excluding hydrogens is 222 g/mol. The number of nitrogens with one attached hydrogen (secondary N) is 1. The maximum atomic E-state index is 11.3. The van der Waals surface area contributed by atoms with E-state index in [2.05, 4.69) is 5.32 Å². The molecule has 2 N–H and O–H groups in total. The normalized spacial score (nSPS) is 16.3. The van der Waals surface area contributed by atoms with Crippen molar-refractivity contribution in [2.24, 2.45) is 5.92 Å². The SMILES string of the molecule is CCOC(=O)C(C)CNCC(C)(O)CCOC. The molecule has 2 atom stereocenters. The lowest BCUT2D eigenvalue weighted by molar-refractivity contribution is -0.147. The summed E-state index contributed by atoms with van der Waals surface area (Å²) in [5.74, 6) is -0.412. The maximum Gasteiger partial charge on any atom is 0.309 e. The molecule has 0 rings (SSSR count). The Morgan fingerprint density at radius 3 is 2.71 bits per heavy atom. The number of carbonyl (C=O) groups is 1. The molecule has 102 valence electrons. The van der Waals surface area contributed by atoms with Gasteiger partial charge in [0.2, 0.25) is 0 Å². The topological polar surface area (TPSA) is 67.8 Å². The van der Waals surface area contributed by atoms with E-state index in [9.17, 15) is 9.90 Å². The summed E-state index contributed by atoms with van der Waals surface area (Å²) >= 11 is 0. The molecule has 0 saturated carbocycles. The molecule has 0 aromatic heterocycles. The molecule has 17 heavy (non-hydrogen) atoms. The van der Waals surface area contributed by atoms with Crippen LogP contribution in [0.1, 0.15) is 27.2 Å². The molecule has 0 aromatic rings. The quantitative estimate of drug-likeness (QED) is 0.583. The Bertz CT molecular complexity index is 219. The molecular formula is C12H25NO4. The average Bonchev–Trinajstić information content (AvgIpc) is 2.26. The second kappa shape index (κ2) is 8.44. The minimum absolute atomic E-state index is 0.201. The van der Waals surface area contributed by atoms with Gasteiger partial charge in [-0.3, -0.25) is 4.79 Å². The van der Waals surface area contributed by atoms with Crippen molar-refractivity contribution in [2.75, 3.05) is 33.4 Å². The van der Waals surface area contributed by atoms with Crippen molar-refractivity contribution in [3.8, 4) is 0 Å². The second-order valence-corrected chi connectivity index (χ2v) is 4.52. The van der Waals surface area contributed by atoms with Gasteiger partial charge in [-0.05, 0) is 13.8 Å². The zero-order valence-electron chi connectivity index (χ0n) is 11.3. The van der Waals surface area contributed by atoms with Crippen molar-refractivity contribution >= 4 is 5.97 Å². The first kappa shape index (κ1) is 16.4. The Morgan fingerprint density at radius 1 is 1.53 bits per heavy atom. The summed E-state index contributed by atoms with van der Waals surface area (Å²) in [5.41, 5.74) is -0.815. The van der Waals surface area contributed by atoms with Gasteiger partial charge in [0.25, 0.3) is 0 Å². The first-order valence-corrected chi connectivity index (χ1v) is 6.01. The van der Waals surface area contributed by atoms with Crippen LogP contribution in [0.3, 0.4) is 0 Å². The predicted octanol–water partition coefficient (Wildman–Crippen LogP) is 0.563. The molecule has 0 amide bonds. The predicted molar refractivity (Wildman–Crippen MR) is 65.8 cm³/mol. The lowest BCUT2D eigenvalue weighted by Crippen LogP contribution is -2.41. The minimum atomic E-state index is -0.815. The van der Waals surface area contributed by atoms with Gasteiger partial charge in [0, 0.05) is 33.2 Å². The number of aliphatic hydroxyl groups is 1. The molecule has 0 bridgehead atoms. The summed E-state index contributed by atoms with van der Waals surface area (Å²) in [4.78, 5) is 11.3. The highest BCUT2D eigenvalue weighted by Crippen LogP contribution is 2.07. The third-order valence-corrected chi connectivity index (χ3v) is 2.49. The Kier molecular flexibility index (Phi) is 8.12. The standard InChI is InChI=1S/C12H25NO4/c1-5-17-11(14)10(2)8-13-9-12(3,15)6-7-16-4/h10,13,15H,5-9H2,1-4H3. The third-order valence-electron chi connectivity index (χ3n) is 2.49. The third kappa shape index (κ3) is 8.12. The Hall–Kier alpha value is -0.650.